The molecule has 4 aromatic rings. The Labute approximate surface area is 244 Å². The van der Waals surface area contributed by atoms with Crippen LogP contribution in [0.1, 0.15) is 49.0 Å². The molecule has 0 saturated carbocycles. The predicted octanol–water partition coefficient (Wildman–Crippen LogP) is 5.91. The summed E-state index contributed by atoms with van der Waals surface area (Å²) in [6, 6.07) is 23.7. The largest absolute Gasteiger partial charge is 0.377 e. The van der Waals surface area contributed by atoms with Crippen LogP contribution in [0.5, 0.6) is 0 Å². The molecule has 0 bridgehead atoms. The van der Waals surface area contributed by atoms with E-state index in [0.29, 0.717) is 21.8 Å². The standard InChI is InChI=1S/C31H31ClN8O/c1-4-27(20-9-6-5-7-10-20)37-29-22(16-33)17-34-31-25(29)14-23(15-26(31)32)36-30(28-18-35-39-38-28)21-11-8-12-24(13-21)40(3)19(2)41/h5-15,17-18,27,30,35-36,38-39H,4H2,1-3H3,(H,34,37)/t27-,30+/m1/s1. The van der Waals surface area contributed by atoms with E-state index in [1.165, 1.54) is 6.92 Å². The summed E-state index contributed by atoms with van der Waals surface area (Å²) in [5.41, 5.74) is 15.1. The number of benzene rings is 3. The maximum atomic E-state index is 12.0. The number of nitrogens with zero attached hydrogens (tertiary/aromatic N) is 3. The Morgan fingerprint density at radius 3 is 2.56 bits per heavy atom. The van der Waals surface area contributed by atoms with Gasteiger partial charge in [-0.25, -0.2) is 0 Å². The third-order valence-corrected chi connectivity index (χ3v) is 7.45. The first-order chi connectivity index (χ1) is 19.9. The fourth-order valence-corrected chi connectivity index (χ4v) is 5.15. The number of amides is 1. The molecule has 1 aliphatic rings. The first-order valence-electron chi connectivity index (χ1n) is 13.3. The molecular formula is C31H31ClN8O. The van der Waals surface area contributed by atoms with E-state index >= 15 is 0 Å². The monoisotopic (exact) mass is 566 g/mol. The van der Waals surface area contributed by atoms with Crippen LogP contribution in [0.4, 0.5) is 17.1 Å². The molecule has 41 heavy (non-hydrogen) atoms. The fraction of sp³-hybridized carbons (Fsp3) is 0.194. The second kappa shape index (κ2) is 12.2. The fourth-order valence-electron chi connectivity index (χ4n) is 4.88. The van der Waals surface area contributed by atoms with Gasteiger partial charge in [0.15, 0.2) is 0 Å². The highest BCUT2D eigenvalue weighted by Crippen LogP contribution is 2.37. The predicted molar refractivity (Wildman–Crippen MR) is 164 cm³/mol. The van der Waals surface area contributed by atoms with Gasteiger partial charge in [-0.3, -0.25) is 9.78 Å². The molecule has 1 aromatic heterocycles. The Morgan fingerprint density at radius 2 is 1.88 bits per heavy atom. The zero-order chi connectivity index (χ0) is 28.9. The number of anilines is 3. The van der Waals surface area contributed by atoms with Crippen molar-refractivity contribution in [2.24, 2.45) is 0 Å². The first-order valence-corrected chi connectivity index (χ1v) is 13.7. The van der Waals surface area contributed by atoms with Gasteiger partial charge in [0.05, 0.1) is 39.6 Å². The van der Waals surface area contributed by atoms with Gasteiger partial charge in [-0.05, 0) is 41.8 Å². The third kappa shape index (κ3) is 5.89. The van der Waals surface area contributed by atoms with Crippen molar-refractivity contribution < 1.29 is 4.79 Å². The molecule has 10 heteroatoms. The molecule has 0 unspecified atom stereocenters. The molecule has 1 amide bonds. The second-order valence-electron chi connectivity index (χ2n) is 9.77. The molecule has 0 saturated heterocycles. The molecule has 0 spiro atoms. The van der Waals surface area contributed by atoms with Crippen molar-refractivity contribution in [3.05, 3.63) is 107 Å². The number of hydrogen-bond donors (Lipinski definition) is 5. The van der Waals surface area contributed by atoms with Crippen molar-refractivity contribution in [1.82, 2.24) is 21.4 Å². The summed E-state index contributed by atoms with van der Waals surface area (Å²) in [4.78, 5) is 18.1. The lowest BCUT2D eigenvalue weighted by atomic mass is 10.0. The van der Waals surface area contributed by atoms with E-state index in [2.05, 4.69) is 57.1 Å². The Kier molecular flexibility index (Phi) is 8.24. The number of carbonyl (C=O) groups excluding carboxylic acids is 1. The van der Waals surface area contributed by atoms with E-state index in [9.17, 15) is 10.1 Å². The van der Waals surface area contributed by atoms with Crippen LogP contribution in [0.25, 0.3) is 10.9 Å². The van der Waals surface area contributed by atoms with Gasteiger partial charge >= 0.3 is 0 Å². The second-order valence-corrected chi connectivity index (χ2v) is 10.2. The zero-order valence-electron chi connectivity index (χ0n) is 23.0. The van der Waals surface area contributed by atoms with E-state index in [4.69, 9.17) is 11.6 Å². The number of hydrazine groups is 2. The topological polar surface area (TPSA) is 117 Å². The zero-order valence-corrected chi connectivity index (χ0v) is 23.8. The summed E-state index contributed by atoms with van der Waals surface area (Å²) in [5, 5.41) is 18.4. The van der Waals surface area contributed by atoms with Crippen LogP contribution in [-0.4, -0.2) is 17.9 Å². The summed E-state index contributed by atoms with van der Waals surface area (Å²) in [5.74, 6) is -0.0591. The van der Waals surface area contributed by atoms with Gasteiger partial charge in [0.25, 0.3) is 0 Å². The average Bonchev–Trinajstić information content (AvgIpc) is 3.53. The number of rotatable bonds is 9. The SMILES string of the molecule is CC[C@@H](Nc1c(C#N)cnc2c(Cl)cc(N[C@H](C3=CNNN3)c3cccc(N(C)C(C)=O)c3)cc12)c1ccccc1. The molecule has 9 nitrogen and oxygen atoms in total. The van der Waals surface area contributed by atoms with Gasteiger partial charge < -0.3 is 26.4 Å². The summed E-state index contributed by atoms with van der Waals surface area (Å²) >= 11 is 6.80. The quantitative estimate of drug-likeness (QED) is 0.170. The lowest BCUT2D eigenvalue weighted by Gasteiger charge is -2.25. The van der Waals surface area contributed by atoms with Gasteiger partial charge in [0.1, 0.15) is 6.07 Å². The number of carbonyl (C=O) groups is 1. The Hall–Kier alpha value is -4.78. The van der Waals surface area contributed by atoms with Crippen molar-refractivity contribution in [1.29, 1.82) is 5.26 Å². The maximum Gasteiger partial charge on any atom is 0.223 e. The molecule has 208 valence electrons. The maximum absolute atomic E-state index is 12.0. The molecule has 2 atom stereocenters. The average molecular weight is 567 g/mol. The molecule has 0 fully saturated rings. The highest BCUT2D eigenvalue weighted by Gasteiger charge is 2.22. The van der Waals surface area contributed by atoms with Crippen molar-refractivity contribution in [3.8, 4) is 6.07 Å². The van der Waals surface area contributed by atoms with Crippen LogP contribution in [0, 0.1) is 11.3 Å². The smallest absolute Gasteiger partial charge is 0.223 e. The van der Waals surface area contributed by atoms with E-state index in [0.717, 1.165) is 40.0 Å². The minimum atomic E-state index is -0.331. The number of fused-ring (bicyclic) bond motifs is 1. The van der Waals surface area contributed by atoms with Crippen molar-refractivity contribution in [2.75, 3.05) is 22.6 Å². The van der Waals surface area contributed by atoms with E-state index < -0.39 is 0 Å². The van der Waals surface area contributed by atoms with Crippen LogP contribution in [0.3, 0.4) is 0 Å². The van der Waals surface area contributed by atoms with Crippen LogP contribution in [-0.2, 0) is 4.79 Å². The van der Waals surface area contributed by atoms with Crippen molar-refractivity contribution >= 4 is 45.5 Å². The van der Waals surface area contributed by atoms with Gasteiger partial charge in [0, 0.05) is 43.1 Å². The summed E-state index contributed by atoms with van der Waals surface area (Å²) in [7, 11) is 1.75. The van der Waals surface area contributed by atoms with Gasteiger partial charge in [-0.1, -0.05) is 61.0 Å². The molecule has 2 heterocycles. The highest BCUT2D eigenvalue weighted by molar-refractivity contribution is 6.35. The van der Waals surface area contributed by atoms with Crippen LogP contribution in [0.15, 0.2) is 84.8 Å². The minimum Gasteiger partial charge on any atom is -0.377 e. The summed E-state index contributed by atoms with van der Waals surface area (Å²) in [6.45, 7) is 3.64. The van der Waals surface area contributed by atoms with Crippen LogP contribution in [0.2, 0.25) is 5.02 Å². The van der Waals surface area contributed by atoms with Crippen LogP contribution >= 0.6 is 11.6 Å². The third-order valence-electron chi connectivity index (χ3n) is 7.17. The number of pyridine rings is 1. The van der Waals surface area contributed by atoms with E-state index in [1.807, 2.05) is 60.8 Å². The minimum absolute atomic E-state index is 0.0111. The highest BCUT2D eigenvalue weighted by atomic mass is 35.5. The van der Waals surface area contributed by atoms with Crippen molar-refractivity contribution in [2.45, 2.75) is 32.4 Å². The normalized spacial score (nSPS) is 13.8. The van der Waals surface area contributed by atoms with Crippen LogP contribution < -0.4 is 31.9 Å². The summed E-state index contributed by atoms with van der Waals surface area (Å²) < 4.78 is 0. The Balaban J connectivity index is 1.58. The lowest BCUT2D eigenvalue weighted by Crippen LogP contribution is -2.34. The Morgan fingerprint density at radius 1 is 1.10 bits per heavy atom. The van der Waals surface area contributed by atoms with Gasteiger partial charge in [-0.2, -0.15) is 10.8 Å². The first kappa shape index (κ1) is 27.8. The van der Waals surface area contributed by atoms with E-state index in [-0.39, 0.29) is 18.0 Å². The molecule has 3 aromatic carbocycles. The number of nitrogens with one attached hydrogen (secondary N) is 5. The van der Waals surface area contributed by atoms with Crippen molar-refractivity contribution in [3.63, 3.8) is 0 Å². The number of aromatic nitrogens is 1. The summed E-state index contributed by atoms with van der Waals surface area (Å²) in [6.07, 6.45) is 4.21. The van der Waals surface area contributed by atoms with E-state index in [1.54, 1.807) is 18.1 Å². The lowest BCUT2D eigenvalue weighted by molar-refractivity contribution is -0.116. The molecule has 0 radical (unpaired) electrons. The molecule has 0 aliphatic carbocycles. The number of hydrogen-bond acceptors (Lipinski definition) is 8. The molecule has 1 aliphatic heterocycles. The van der Waals surface area contributed by atoms with Gasteiger partial charge in [-0.15, -0.1) is 0 Å². The molecule has 5 N–H and O–H groups in total. The molecular weight excluding hydrogens is 536 g/mol. The number of nitriles is 1. The number of halogens is 1. The Bertz CT molecular complexity index is 1650. The molecule has 5 rings (SSSR count). The van der Waals surface area contributed by atoms with Gasteiger partial charge in [0.2, 0.25) is 5.91 Å².